The second kappa shape index (κ2) is 9.88. The number of carbonyl (C=O) groups excluding carboxylic acids is 1. The lowest BCUT2D eigenvalue weighted by Gasteiger charge is -2.24. The van der Waals surface area contributed by atoms with Gasteiger partial charge in [-0.1, -0.05) is 31.2 Å². The summed E-state index contributed by atoms with van der Waals surface area (Å²) >= 11 is 0. The van der Waals surface area contributed by atoms with Crippen molar-refractivity contribution in [2.75, 3.05) is 26.2 Å². The summed E-state index contributed by atoms with van der Waals surface area (Å²) in [6.07, 6.45) is 7.09. The Hall–Kier alpha value is -2.99. The molecular weight excluding hydrogens is 386 g/mol. The van der Waals surface area contributed by atoms with Crippen LogP contribution in [0, 0.1) is 12.8 Å². The standard InChI is InChI=1S/C25H31N5O/c1-3-12-30-14-13-29(17-24-19(2)27-18-28-24)16-22(25(30)31)15-21-6-4-5-7-23(21)20-8-10-26-11-9-20/h4-11,18,22H,3,12-17H2,1-2H3,(H,27,28). The topological polar surface area (TPSA) is 65.1 Å². The first kappa shape index (κ1) is 21.2. The molecular formula is C25H31N5O. The molecule has 3 aromatic rings. The Bertz CT molecular complexity index is 1000. The van der Waals surface area contributed by atoms with E-state index in [0.717, 1.165) is 62.5 Å². The highest BCUT2D eigenvalue weighted by Crippen LogP contribution is 2.27. The van der Waals surface area contributed by atoms with E-state index in [4.69, 9.17) is 0 Å². The molecule has 0 bridgehead atoms. The number of pyridine rings is 1. The average Bonchev–Trinajstić information content (AvgIpc) is 3.14. The number of nitrogens with one attached hydrogen (secondary N) is 1. The number of aromatic nitrogens is 3. The molecule has 0 radical (unpaired) electrons. The number of H-pyrrole nitrogens is 1. The number of rotatable bonds is 7. The molecule has 1 aliphatic rings. The van der Waals surface area contributed by atoms with Crippen LogP contribution in [0.1, 0.15) is 30.3 Å². The van der Waals surface area contributed by atoms with E-state index in [9.17, 15) is 4.79 Å². The maximum Gasteiger partial charge on any atom is 0.227 e. The molecule has 1 N–H and O–H groups in total. The minimum absolute atomic E-state index is 0.0729. The van der Waals surface area contributed by atoms with Crippen molar-refractivity contribution in [3.63, 3.8) is 0 Å². The van der Waals surface area contributed by atoms with Gasteiger partial charge in [0.2, 0.25) is 5.91 Å². The fourth-order valence-electron chi connectivity index (χ4n) is 4.43. The second-order valence-corrected chi connectivity index (χ2v) is 8.33. The van der Waals surface area contributed by atoms with E-state index in [1.807, 2.05) is 24.5 Å². The number of hydrogen-bond donors (Lipinski definition) is 1. The number of aryl methyl sites for hydroxylation is 1. The predicted molar refractivity (Wildman–Crippen MR) is 122 cm³/mol. The zero-order valence-corrected chi connectivity index (χ0v) is 18.4. The molecule has 1 aromatic carbocycles. The van der Waals surface area contributed by atoms with E-state index in [1.54, 1.807) is 6.33 Å². The smallest absolute Gasteiger partial charge is 0.227 e. The quantitative estimate of drug-likeness (QED) is 0.637. The van der Waals surface area contributed by atoms with Crippen molar-refractivity contribution in [2.45, 2.75) is 33.2 Å². The Balaban J connectivity index is 1.60. The van der Waals surface area contributed by atoms with Gasteiger partial charge in [-0.05, 0) is 48.6 Å². The highest BCUT2D eigenvalue weighted by atomic mass is 16.2. The summed E-state index contributed by atoms with van der Waals surface area (Å²) in [5, 5.41) is 0. The van der Waals surface area contributed by atoms with Gasteiger partial charge >= 0.3 is 0 Å². The van der Waals surface area contributed by atoms with Gasteiger partial charge in [-0.25, -0.2) is 4.98 Å². The summed E-state index contributed by atoms with van der Waals surface area (Å²) in [7, 11) is 0. The van der Waals surface area contributed by atoms with Gasteiger partial charge in [0.05, 0.1) is 17.9 Å². The van der Waals surface area contributed by atoms with Gasteiger partial charge in [0.1, 0.15) is 0 Å². The minimum Gasteiger partial charge on any atom is -0.348 e. The Morgan fingerprint density at radius 2 is 1.94 bits per heavy atom. The number of carbonyl (C=O) groups is 1. The molecule has 31 heavy (non-hydrogen) atoms. The van der Waals surface area contributed by atoms with Crippen molar-refractivity contribution in [3.05, 3.63) is 72.1 Å². The monoisotopic (exact) mass is 417 g/mol. The molecule has 1 unspecified atom stereocenters. The van der Waals surface area contributed by atoms with Crippen molar-refractivity contribution in [1.29, 1.82) is 0 Å². The molecule has 3 heterocycles. The van der Waals surface area contributed by atoms with Crippen LogP contribution in [0.2, 0.25) is 0 Å². The number of nitrogens with zero attached hydrogens (tertiary/aromatic N) is 4. The summed E-state index contributed by atoms with van der Waals surface area (Å²) < 4.78 is 0. The zero-order chi connectivity index (χ0) is 21.6. The van der Waals surface area contributed by atoms with E-state index in [0.29, 0.717) is 0 Å². The summed E-state index contributed by atoms with van der Waals surface area (Å²) in [6, 6.07) is 12.5. The maximum absolute atomic E-state index is 13.5. The first-order valence-corrected chi connectivity index (χ1v) is 11.1. The fourth-order valence-corrected chi connectivity index (χ4v) is 4.43. The highest BCUT2D eigenvalue weighted by molar-refractivity contribution is 5.80. The number of benzene rings is 1. The Morgan fingerprint density at radius 3 is 2.68 bits per heavy atom. The van der Waals surface area contributed by atoms with E-state index in [1.165, 1.54) is 11.1 Å². The van der Waals surface area contributed by atoms with Crippen LogP contribution in [0.15, 0.2) is 55.1 Å². The Labute approximate surface area is 184 Å². The van der Waals surface area contributed by atoms with Crippen LogP contribution in [0.25, 0.3) is 11.1 Å². The van der Waals surface area contributed by atoms with Gasteiger partial charge in [-0.2, -0.15) is 0 Å². The summed E-state index contributed by atoms with van der Waals surface area (Å²) in [5.41, 5.74) is 5.69. The van der Waals surface area contributed by atoms with E-state index in [-0.39, 0.29) is 11.8 Å². The number of imidazole rings is 1. The van der Waals surface area contributed by atoms with Gasteiger partial charge in [0.15, 0.2) is 0 Å². The third-order valence-electron chi connectivity index (χ3n) is 6.10. The lowest BCUT2D eigenvalue weighted by Crippen LogP contribution is -2.37. The number of amides is 1. The van der Waals surface area contributed by atoms with Gasteiger partial charge in [0.25, 0.3) is 0 Å². The third kappa shape index (κ3) is 5.02. The van der Waals surface area contributed by atoms with Crippen LogP contribution in [-0.2, 0) is 17.8 Å². The summed E-state index contributed by atoms with van der Waals surface area (Å²) in [4.78, 5) is 29.7. The molecule has 1 amide bonds. The molecule has 1 atom stereocenters. The van der Waals surface area contributed by atoms with Gasteiger partial charge in [-0.3, -0.25) is 14.7 Å². The lowest BCUT2D eigenvalue weighted by molar-refractivity contribution is -0.134. The van der Waals surface area contributed by atoms with Gasteiger partial charge in [0, 0.05) is 50.8 Å². The van der Waals surface area contributed by atoms with Crippen molar-refractivity contribution < 1.29 is 4.79 Å². The molecule has 0 spiro atoms. The van der Waals surface area contributed by atoms with Crippen molar-refractivity contribution in [2.24, 2.45) is 5.92 Å². The lowest BCUT2D eigenvalue weighted by atomic mass is 9.91. The van der Waals surface area contributed by atoms with Crippen molar-refractivity contribution in [3.8, 4) is 11.1 Å². The molecule has 1 saturated heterocycles. The number of aromatic amines is 1. The molecule has 2 aromatic heterocycles. The normalized spacial score (nSPS) is 17.7. The van der Waals surface area contributed by atoms with E-state index < -0.39 is 0 Å². The second-order valence-electron chi connectivity index (χ2n) is 8.33. The average molecular weight is 418 g/mol. The Morgan fingerprint density at radius 1 is 1.13 bits per heavy atom. The summed E-state index contributed by atoms with van der Waals surface area (Å²) in [5.74, 6) is 0.198. The molecule has 6 nitrogen and oxygen atoms in total. The first-order chi connectivity index (χ1) is 15.2. The molecule has 6 heteroatoms. The van der Waals surface area contributed by atoms with Crippen molar-refractivity contribution >= 4 is 5.91 Å². The Kier molecular flexibility index (Phi) is 6.77. The minimum atomic E-state index is -0.0729. The first-order valence-electron chi connectivity index (χ1n) is 11.1. The van der Waals surface area contributed by atoms with E-state index >= 15 is 0 Å². The molecule has 0 aliphatic carbocycles. The third-order valence-corrected chi connectivity index (χ3v) is 6.10. The van der Waals surface area contributed by atoms with Crippen molar-refractivity contribution in [1.82, 2.24) is 24.8 Å². The van der Waals surface area contributed by atoms with Gasteiger partial charge in [-0.15, -0.1) is 0 Å². The van der Waals surface area contributed by atoms with Gasteiger partial charge < -0.3 is 9.88 Å². The largest absolute Gasteiger partial charge is 0.348 e. The van der Waals surface area contributed by atoms with Crippen LogP contribution < -0.4 is 0 Å². The van der Waals surface area contributed by atoms with Crippen LogP contribution in [0.3, 0.4) is 0 Å². The molecule has 1 fully saturated rings. The van der Waals surface area contributed by atoms with Crippen LogP contribution in [0.5, 0.6) is 0 Å². The predicted octanol–water partition coefficient (Wildman–Crippen LogP) is 3.69. The zero-order valence-electron chi connectivity index (χ0n) is 18.4. The molecule has 1 aliphatic heterocycles. The molecule has 4 rings (SSSR count). The summed E-state index contributed by atoms with van der Waals surface area (Å²) in [6.45, 7) is 8.17. The van der Waals surface area contributed by atoms with Crippen LogP contribution >= 0.6 is 0 Å². The maximum atomic E-state index is 13.5. The fraction of sp³-hybridized carbons (Fsp3) is 0.400. The van der Waals surface area contributed by atoms with E-state index in [2.05, 4.69) is 62.9 Å². The SMILES string of the molecule is CCCN1CCN(Cc2nc[nH]c2C)CC(Cc2ccccc2-c2ccncc2)C1=O. The van der Waals surface area contributed by atoms with Crippen LogP contribution in [-0.4, -0.2) is 56.8 Å². The number of hydrogen-bond acceptors (Lipinski definition) is 4. The highest BCUT2D eigenvalue weighted by Gasteiger charge is 2.31. The van der Waals surface area contributed by atoms with Crippen LogP contribution in [0.4, 0.5) is 0 Å². The molecule has 162 valence electrons. The molecule has 0 saturated carbocycles.